The first kappa shape index (κ1) is 14.2. The number of pyridine rings is 1. The molecule has 1 amide bonds. The number of aryl methyl sites for hydroxylation is 1. The van der Waals surface area contributed by atoms with E-state index in [9.17, 15) is 4.79 Å². The molecule has 0 saturated carbocycles. The second kappa shape index (κ2) is 6.82. The van der Waals surface area contributed by atoms with E-state index in [1.54, 1.807) is 0 Å². The molecule has 3 N–H and O–H groups in total. The summed E-state index contributed by atoms with van der Waals surface area (Å²) >= 11 is 0. The van der Waals surface area contributed by atoms with Crippen molar-refractivity contribution in [3.05, 3.63) is 65.5 Å². The highest BCUT2D eigenvalue weighted by molar-refractivity contribution is 5.81. The smallest absolute Gasteiger partial charge is 0.237 e. The Morgan fingerprint density at radius 1 is 1.20 bits per heavy atom. The lowest BCUT2D eigenvalue weighted by molar-refractivity contribution is -0.122. The Morgan fingerprint density at radius 3 is 2.65 bits per heavy atom. The van der Waals surface area contributed by atoms with Gasteiger partial charge >= 0.3 is 0 Å². The summed E-state index contributed by atoms with van der Waals surface area (Å²) in [5.74, 6) is -0.155. The summed E-state index contributed by atoms with van der Waals surface area (Å²) < 4.78 is 0. The number of hydrogen-bond acceptors (Lipinski definition) is 3. The maximum Gasteiger partial charge on any atom is 0.237 e. The van der Waals surface area contributed by atoms with Crippen LogP contribution in [0.15, 0.2) is 48.5 Å². The molecule has 0 radical (unpaired) electrons. The van der Waals surface area contributed by atoms with Gasteiger partial charge in [0.25, 0.3) is 0 Å². The number of amides is 1. The summed E-state index contributed by atoms with van der Waals surface area (Å²) in [4.78, 5) is 16.3. The van der Waals surface area contributed by atoms with Crippen molar-refractivity contribution < 1.29 is 4.79 Å². The van der Waals surface area contributed by atoms with Crippen molar-refractivity contribution in [1.29, 1.82) is 0 Å². The Bertz CT molecular complexity index is 569. The molecule has 0 fully saturated rings. The third-order valence-electron chi connectivity index (χ3n) is 3.02. The van der Waals surface area contributed by atoms with Gasteiger partial charge in [0, 0.05) is 5.69 Å². The maximum atomic E-state index is 11.9. The Hall–Kier alpha value is -2.20. The molecule has 0 unspecified atom stereocenters. The highest BCUT2D eigenvalue weighted by Gasteiger charge is 2.13. The molecule has 1 heterocycles. The van der Waals surface area contributed by atoms with E-state index in [4.69, 9.17) is 5.73 Å². The highest BCUT2D eigenvalue weighted by Crippen LogP contribution is 2.02. The SMILES string of the molecule is Cc1cccc(CNC(=O)[C@H](N)Cc2ccccc2)n1. The Morgan fingerprint density at radius 2 is 1.95 bits per heavy atom. The van der Waals surface area contributed by atoms with Gasteiger partial charge in [-0.3, -0.25) is 9.78 Å². The largest absolute Gasteiger partial charge is 0.349 e. The average molecular weight is 269 g/mol. The van der Waals surface area contributed by atoms with Gasteiger partial charge in [0.1, 0.15) is 0 Å². The van der Waals surface area contributed by atoms with Crippen LogP contribution < -0.4 is 11.1 Å². The molecule has 0 spiro atoms. The van der Waals surface area contributed by atoms with Gasteiger partial charge in [-0.05, 0) is 31.0 Å². The summed E-state index contributed by atoms with van der Waals surface area (Å²) in [6.45, 7) is 2.33. The summed E-state index contributed by atoms with van der Waals surface area (Å²) in [7, 11) is 0. The van der Waals surface area contributed by atoms with E-state index in [0.717, 1.165) is 17.0 Å². The fourth-order valence-electron chi connectivity index (χ4n) is 1.97. The summed E-state index contributed by atoms with van der Waals surface area (Å²) in [6, 6.07) is 15.0. The lowest BCUT2D eigenvalue weighted by Crippen LogP contribution is -2.41. The van der Waals surface area contributed by atoms with Crippen LogP contribution in [0.3, 0.4) is 0 Å². The molecule has 1 atom stereocenters. The highest BCUT2D eigenvalue weighted by atomic mass is 16.2. The fraction of sp³-hybridized carbons (Fsp3) is 0.250. The predicted octanol–water partition coefficient (Wildman–Crippen LogP) is 1.58. The van der Waals surface area contributed by atoms with E-state index in [0.29, 0.717) is 13.0 Å². The standard InChI is InChI=1S/C16H19N3O/c1-12-6-5-9-14(19-12)11-18-16(20)15(17)10-13-7-3-2-4-8-13/h2-9,15H,10-11,17H2,1H3,(H,18,20)/t15-/m1/s1. The van der Waals surface area contributed by atoms with Crippen molar-refractivity contribution in [3.63, 3.8) is 0 Å². The van der Waals surface area contributed by atoms with E-state index in [1.807, 2.05) is 55.5 Å². The van der Waals surface area contributed by atoms with E-state index in [-0.39, 0.29) is 5.91 Å². The molecular weight excluding hydrogens is 250 g/mol. The van der Waals surface area contributed by atoms with Crippen molar-refractivity contribution in [1.82, 2.24) is 10.3 Å². The predicted molar refractivity (Wildman–Crippen MR) is 78.9 cm³/mol. The molecular formula is C16H19N3O. The lowest BCUT2D eigenvalue weighted by Gasteiger charge is -2.12. The van der Waals surface area contributed by atoms with Crippen LogP contribution in [0.2, 0.25) is 0 Å². The Balaban J connectivity index is 1.85. The van der Waals surface area contributed by atoms with Gasteiger partial charge in [-0.1, -0.05) is 36.4 Å². The Labute approximate surface area is 119 Å². The minimum Gasteiger partial charge on any atom is -0.349 e. The normalized spacial score (nSPS) is 11.9. The van der Waals surface area contributed by atoms with E-state index in [1.165, 1.54) is 0 Å². The first-order chi connectivity index (χ1) is 9.65. The molecule has 4 nitrogen and oxygen atoms in total. The zero-order valence-corrected chi connectivity index (χ0v) is 11.5. The molecule has 0 aliphatic rings. The number of carbonyl (C=O) groups excluding carboxylic acids is 1. The van der Waals surface area contributed by atoms with Crippen LogP contribution in [-0.4, -0.2) is 16.9 Å². The van der Waals surface area contributed by atoms with Crippen LogP contribution in [0.4, 0.5) is 0 Å². The quantitative estimate of drug-likeness (QED) is 0.866. The molecule has 104 valence electrons. The van der Waals surface area contributed by atoms with E-state index < -0.39 is 6.04 Å². The fourth-order valence-corrected chi connectivity index (χ4v) is 1.97. The average Bonchev–Trinajstić information content (AvgIpc) is 2.46. The van der Waals surface area contributed by atoms with Crippen LogP contribution >= 0.6 is 0 Å². The van der Waals surface area contributed by atoms with Crippen LogP contribution in [0, 0.1) is 6.92 Å². The number of nitrogens with one attached hydrogen (secondary N) is 1. The number of benzene rings is 1. The van der Waals surface area contributed by atoms with Crippen molar-refractivity contribution in [2.24, 2.45) is 5.73 Å². The van der Waals surface area contributed by atoms with Gasteiger partial charge < -0.3 is 11.1 Å². The minimum absolute atomic E-state index is 0.155. The van der Waals surface area contributed by atoms with Crippen LogP contribution in [0.25, 0.3) is 0 Å². The monoisotopic (exact) mass is 269 g/mol. The number of nitrogens with zero attached hydrogens (tertiary/aromatic N) is 1. The van der Waals surface area contributed by atoms with Crippen molar-refractivity contribution in [2.45, 2.75) is 25.9 Å². The molecule has 0 bridgehead atoms. The molecule has 0 aliphatic heterocycles. The molecule has 1 aromatic heterocycles. The third kappa shape index (κ3) is 4.17. The van der Waals surface area contributed by atoms with Gasteiger partial charge in [-0.25, -0.2) is 0 Å². The van der Waals surface area contributed by atoms with Gasteiger partial charge in [0.05, 0.1) is 18.3 Å². The number of rotatable bonds is 5. The van der Waals surface area contributed by atoms with Crippen LogP contribution in [0.5, 0.6) is 0 Å². The molecule has 0 saturated heterocycles. The molecule has 0 aliphatic carbocycles. The number of aromatic nitrogens is 1. The Kier molecular flexibility index (Phi) is 4.85. The van der Waals surface area contributed by atoms with Gasteiger partial charge in [0.15, 0.2) is 0 Å². The van der Waals surface area contributed by atoms with Crippen LogP contribution in [-0.2, 0) is 17.8 Å². The second-order valence-corrected chi connectivity index (χ2v) is 4.78. The van der Waals surface area contributed by atoms with Gasteiger partial charge in [-0.2, -0.15) is 0 Å². The van der Waals surface area contributed by atoms with Gasteiger partial charge in [0.2, 0.25) is 5.91 Å². The summed E-state index contributed by atoms with van der Waals surface area (Å²) in [5, 5.41) is 2.82. The first-order valence-electron chi connectivity index (χ1n) is 6.65. The zero-order chi connectivity index (χ0) is 14.4. The molecule has 20 heavy (non-hydrogen) atoms. The lowest BCUT2D eigenvalue weighted by atomic mass is 10.1. The second-order valence-electron chi connectivity index (χ2n) is 4.78. The first-order valence-corrected chi connectivity index (χ1v) is 6.65. The minimum atomic E-state index is -0.540. The third-order valence-corrected chi connectivity index (χ3v) is 3.02. The summed E-state index contributed by atoms with van der Waals surface area (Å²) in [5.41, 5.74) is 8.74. The van der Waals surface area contributed by atoms with Crippen molar-refractivity contribution in [2.75, 3.05) is 0 Å². The molecule has 1 aromatic carbocycles. The number of nitrogens with two attached hydrogens (primary N) is 1. The molecule has 4 heteroatoms. The number of carbonyl (C=O) groups is 1. The zero-order valence-electron chi connectivity index (χ0n) is 11.5. The van der Waals surface area contributed by atoms with E-state index >= 15 is 0 Å². The van der Waals surface area contributed by atoms with Gasteiger partial charge in [-0.15, -0.1) is 0 Å². The van der Waals surface area contributed by atoms with Crippen LogP contribution in [0.1, 0.15) is 17.0 Å². The van der Waals surface area contributed by atoms with Crippen molar-refractivity contribution in [3.8, 4) is 0 Å². The molecule has 2 rings (SSSR count). The molecule has 2 aromatic rings. The van der Waals surface area contributed by atoms with E-state index in [2.05, 4.69) is 10.3 Å². The maximum absolute atomic E-state index is 11.9. The van der Waals surface area contributed by atoms with Crippen molar-refractivity contribution >= 4 is 5.91 Å². The number of hydrogen-bond donors (Lipinski definition) is 2. The topological polar surface area (TPSA) is 68.0 Å². The summed E-state index contributed by atoms with van der Waals surface area (Å²) in [6.07, 6.45) is 0.536.